The van der Waals surface area contributed by atoms with Crippen LogP contribution in [0, 0.1) is 5.92 Å². The number of benzene rings is 1. The predicted molar refractivity (Wildman–Crippen MR) is 66.5 cm³/mol. The number of hydrogen-bond donors (Lipinski definition) is 2. The van der Waals surface area contributed by atoms with Crippen molar-refractivity contribution in [3.8, 4) is 0 Å². The van der Waals surface area contributed by atoms with Gasteiger partial charge in [0.25, 0.3) is 0 Å². The minimum Gasteiger partial charge on any atom is -0.399 e. The summed E-state index contributed by atoms with van der Waals surface area (Å²) in [6.07, 6.45) is 4.16. The van der Waals surface area contributed by atoms with E-state index in [9.17, 15) is 4.79 Å². The minimum atomic E-state index is 0.0252. The van der Waals surface area contributed by atoms with Gasteiger partial charge in [0.1, 0.15) is 0 Å². The first-order chi connectivity index (χ1) is 7.65. The molecule has 1 amide bonds. The lowest BCUT2D eigenvalue weighted by Crippen LogP contribution is -2.21. The predicted octanol–water partition coefficient (Wildman–Crippen LogP) is 3.05. The summed E-state index contributed by atoms with van der Waals surface area (Å²) in [4.78, 5) is 11.7. The van der Waals surface area contributed by atoms with Crippen molar-refractivity contribution in [1.82, 2.24) is 0 Å². The zero-order valence-corrected chi connectivity index (χ0v) is 9.76. The fourth-order valence-corrected chi connectivity index (χ4v) is 1.96. The fourth-order valence-electron chi connectivity index (χ4n) is 1.80. The number of amides is 1. The third kappa shape index (κ3) is 2.67. The topological polar surface area (TPSA) is 55.1 Å². The van der Waals surface area contributed by atoms with Crippen molar-refractivity contribution in [2.75, 3.05) is 11.1 Å². The summed E-state index contributed by atoms with van der Waals surface area (Å²) in [5.41, 5.74) is 6.83. The molecule has 0 radical (unpaired) electrons. The lowest BCUT2D eigenvalue weighted by molar-refractivity contribution is -0.117. The quantitative estimate of drug-likeness (QED) is 0.796. The van der Waals surface area contributed by atoms with Crippen molar-refractivity contribution in [2.45, 2.75) is 25.7 Å². The van der Waals surface area contributed by atoms with Gasteiger partial charge in [-0.3, -0.25) is 4.79 Å². The standard InChI is InChI=1S/C12H15ClN2O/c13-10-5-4-9(14)7-11(10)15-12(16)6-8-2-1-3-8/h4-5,7-8H,1-3,6,14H2,(H,15,16). The van der Waals surface area contributed by atoms with Crippen LogP contribution in [0.25, 0.3) is 0 Å². The maximum absolute atomic E-state index is 11.7. The SMILES string of the molecule is Nc1ccc(Cl)c(NC(=O)CC2CCC2)c1. The highest BCUT2D eigenvalue weighted by Crippen LogP contribution is 2.30. The third-order valence-electron chi connectivity index (χ3n) is 2.96. The second-order valence-electron chi connectivity index (χ2n) is 4.29. The van der Waals surface area contributed by atoms with E-state index in [0.717, 1.165) is 12.8 Å². The molecule has 2 rings (SSSR count). The van der Waals surface area contributed by atoms with E-state index in [-0.39, 0.29) is 5.91 Å². The number of carbonyl (C=O) groups excluding carboxylic acids is 1. The number of nitrogens with one attached hydrogen (secondary N) is 1. The van der Waals surface area contributed by atoms with Gasteiger partial charge in [-0.1, -0.05) is 18.0 Å². The normalized spacial score (nSPS) is 15.6. The maximum Gasteiger partial charge on any atom is 0.224 e. The Bertz CT molecular complexity index is 402. The van der Waals surface area contributed by atoms with Crippen LogP contribution in [0.3, 0.4) is 0 Å². The first-order valence-electron chi connectivity index (χ1n) is 5.50. The second kappa shape index (κ2) is 4.74. The van der Waals surface area contributed by atoms with Crippen molar-refractivity contribution in [3.05, 3.63) is 23.2 Å². The van der Waals surface area contributed by atoms with Crippen LogP contribution in [0.1, 0.15) is 25.7 Å². The van der Waals surface area contributed by atoms with Gasteiger partial charge in [0.2, 0.25) is 5.91 Å². The number of carbonyl (C=O) groups is 1. The fraction of sp³-hybridized carbons (Fsp3) is 0.417. The van der Waals surface area contributed by atoms with E-state index in [1.165, 1.54) is 6.42 Å². The van der Waals surface area contributed by atoms with Crippen molar-refractivity contribution < 1.29 is 4.79 Å². The molecule has 16 heavy (non-hydrogen) atoms. The lowest BCUT2D eigenvalue weighted by atomic mass is 9.83. The van der Waals surface area contributed by atoms with Crippen molar-refractivity contribution in [1.29, 1.82) is 0 Å². The Labute approximate surface area is 100.0 Å². The number of halogens is 1. The van der Waals surface area contributed by atoms with E-state index in [1.54, 1.807) is 18.2 Å². The molecule has 0 spiro atoms. The molecule has 1 aliphatic rings. The number of nitrogens with two attached hydrogens (primary N) is 1. The highest BCUT2D eigenvalue weighted by Gasteiger charge is 2.20. The molecule has 0 saturated heterocycles. The van der Waals surface area contributed by atoms with E-state index in [1.807, 2.05) is 0 Å². The van der Waals surface area contributed by atoms with Gasteiger partial charge in [0.05, 0.1) is 10.7 Å². The molecule has 0 aromatic heterocycles. The summed E-state index contributed by atoms with van der Waals surface area (Å²) < 4.78 is 0. The average molecular weight is 239 g/mol. The molecule has 1 aromatic carbocycles. The number of rotatable bonds is 3. The van der Waals surface area contributed by atoms with Crippen LogP contribution in [0.2, 0.25) is 5.02 Å². The highest BCUT2D eigenvalue weighted by atomic mass is 35.5. The van der Waals surface area contributed by atoms with Crippen LogP contribution in [-0.4, -0.2) is 5.91 Å². The molecule has 0 heterocycles. The molecule has 1 fully saturated rings. The Kier molecular flexibility index (Phi) is 3.34. The minimum absolute atomic E-state index is 0.0252. The van der Waals surface area contributed by atoms with Gasteiger partial charge < -0.3 is 11.1 Å². The zero-order valence-electron chi connectivity index (χ0n) is 9.00. The Morgan fingerprint density at radius 1 is 1.50 bits per heavy atom. The molecule has 1 aromatic rings. The molecule has 0 unspecified atom stereocenters. The summed E-state index contributed by atoms with van der Waals surface area (Å²) in [5, 5.41) is 3.32. The van der Waals surface area contributed by atoms with E-state index in [2.05, 4.69) is 5.32 Å². The molecule has 86 valence electrons. The summed E-state index contributed by atoms with van der Waals surface area (Å²) in [6, 6.07) is 5.08. The van der Waals surface area contributed by atoms with E-state index < -0.39 is 0 Å². The summed E-state index contributed by atoms with van der Waals surface area (Å²) in [5.74, 6) is 0.581. The van der Waals surface area contributed by atoms with Crippen molar-refractivity contribution in [3.63, 3.8) is 0 Å². The van der Waals surface area contributed by atoms with Gasteiger partial charge in [-0.2, -0.15) is 0 Å². The molecule has 0 atom stereocenters. The monoisotopic (exact) mass is 238 g/mol. The molecule has 1 saturated carbocycles. The molecule has 3 nitrogen and oxygen atoms in total. The Morgan fingerprint density at radius 2 is 2.25 bits per heavy atom. The van der Waals surface area contributed by atoms with Gasteiger partial charge >= 0.3 is 0 Å². The van der Waals surface area contributed by atoms with Gasteiger partial charge in [0, 0.05) is 12.1 Å². The molecule has 1 aliphatic carbocycles. The maximum atomic E-state index is 11.7. The Morgan fingerprint density at radius 3 is 2.88 bits per heavy atom. The van der Waals surface area contributed by atoms with Gasteiger partial charge in [-0.05, 0) is 37.0 Å². The van der Waals surface area contributed by atoms with Crippen molar-refractivity contribution >= 4 is 28.9 Å². The van der Waals surface area contributed by atoms with Crippen LogP contribution in [-0.2, 0) is 4.79 Å². The van der Waals surface area contributed by atoms with Crippen LogP contribution in [0.15, 0.2) is 18.2 Å². The summed E-state index contributed by atoms with van der Waals surface area (Å²) >= 11 is 5.95. The summed E-state index contributed by atoms with van der Waals surface area (Å²) in [7, 11) is 0. The molecular formula is C12H15ClN2O. The largest absolute Gasteiger partial charge is 0.399 e. The van der Waals surface area contributed by atoms with E-state index in [4.69, 9.17) is 17.3 Å². The number of nitrogen functional groups attached to an aromatic ring is 1. The van der Waals surface area contributed by atoms with Gasteiger partial charge in [-0.15, -0.1) is 0 Å². The Balaban J connectivity index is 1.96. The van der Waals surface area contributed by atoms with Gasteiger partial charge in [-0.25, -0.2) is 0 Å². The third-order valence-corrected chi connectivity index (χ3v) is 3.29. The number of anilines is 2. The lowest BCUT2D eigenvalue weighted by Gasteiger charge is -2.24. The smallest absolute Gasteiger partial charge is 0.224 e. The van der Waals surface area contributed by atoms with E-state index in [0.29, 0.717) is 28.7 Å². The van der Waals surface area contributed by atoms with Crippen LogP contribution in [0.4, 0.5) is 11.4 Å². The molecule has 0 aliphatic heterocycles. The molecule has 3 N–H and O–H groups in total. The molecule has 0 bridgehead atoms. The van der Waals surface area contributed by atoms with Crippen molar-refractivity contribution in [2.24, 2.45) is 5.92 Å². The Hall–Kier alpha value is -1.22. The van der Waals surface area contributed by atoms with E-state index >= 15 is 0 Å². The van der Waals surface area contributed by atoms with Gasteiger partial charge in [0.15, 0.2) is 0 Å². The average Bonchev–Trinajstić information content (AvgIpc) is 2.18. The number of hydrogen-bond acceptors (Lipinski definition) is 2. The second-order valence-corrected chi connectivity index (χ2v) is 4.70. The summed E-state index contributed by atoms with van der Waals surface area (Å²) in [6.45, 7) is 0. The van der Waals surface area contributed by atoms with Crippen LogP contribution in [0.5, 0.6) is 0 Å². The molecular weight excluding hydrogens is 224 g/mol. The van der Waals surface area contributed by atoms with Crippen LogP contribution < -0.4 is 11.1 Å². The molecule has 4 heteroatoms. The first kappa shape index (κ1) is 11.3. The first-order valence-corrected chi connectivity index (χ1v) is 5.88. The van der Waals surface area contributed by atoms with Crippen LogP contribution >= 0.6 is 11.6 Å². The zero-order chi connectivity index (χ0) is 11.5. The highest BCUT2D eigenvalue weighted by molar-refractivity contribution is 6.33.